The third kappa shape index (κ3) is 2.37. The highest BCUT2D eigenvalue weighted by atomic mass is 16.4. The van der Waals surface area contributed by atoms with Crippen LogP contribution in [0.15, 0.2) is 23.3 Å². The number of aliphatic carboxylic acids is 1. The zero-order valence-corrected chi connectivity index (χ0v) is 11.1. The van der Waals surface area contributed by atoms with Gasteiger partial charge in [-0.25, -0.2) is 4.79 Å². The van der Waals surface area contributed by atoms with Crippen LogP contribution in [0.25, 0.3) is 0 Å². The Hall–Kier alpha value is -1.09. The lowest BCUT2D eigenvalue weighted by atomic mass is 9.63. The van der Waals surface area contributed by atoms with Crippen LogP contribution in [-0.4, -0.2) is 22.8 Å². The first-order valence-corrected chi connectivity index (χ1v) is 6.76. The minimum atomic E-state index is -0.770. The molecule has 0 aromatic heterocycles. The van der Waals surface area contributed by atoms with Crippen molar-refractivity contribution in [1.29, 1.82) is 0 Å². The summed E-state index contributed by atoms with van der Waals surface area (Å²) in [5.74, 6) is 0.258. The summed E-state index contributed by atoms with van der Waals surface area (Å²) in [6.45, 7) is 4.35. The molecular weight excluding hydrogens is 228 g/mol. The molecule has 0 saturated carbocycles. The summed E-state index contributed by atoms with van der Waals surface area (Å²) in [6, 6.07) is 0. The Labute approximate surface area is 108 Å². The summed E-state index contributed by atoms with van der Waals surface area (Å²) in [6.07, 6.45) is 6.83. The zero-order valence-electron chi connectivity index (χ0n) is 11.1. The monoisotopic (exact) mass is 250 g/mol. The fourth-order valence-corrected chi connectivity index (χ4v) is 3.45. The smallest absolute Gasteiger partial charge is 0.331 e. The van der Waals surface area contributed by atoms with E-state index in [9.17, 15) is 15.0 Å². The van der Waals surface area contributed by atoms with Gasteiger partial charge in [0.05, 0.1) is 0 Å². The minimum Gasteiger partial charge on any atom is -0.478 e. The van der Waals surface area contributed by atoms with Crippen LogP contribution in [0.4, 0.5) is 0 Å². The number of carboxylic acids is 1. The number of carboxylic acid groups (broad SMARTS) is 1. The van der Waals surface area contributed by atoms with Crippen molar-refractivity contribution < 1.29 is 15.0 Å². The second kappa shape index (κ2) is 5.27. The summed E-state index contributed by atoms with van der Waals surface area (Å²) in [7, 11) is 0. The van der Waals surface area contributed by atoms with Crippen molar-refractivity contribution in [2.24, 2.45) is 23.7 Å². The van der Waals surface area contributed by atoms with Gasteiger partial charge in [-0.2, -0.15) is 0 Å². The van der Waals surface area contributed by atoms with E-state index in [4.69, 9.17) is 0 Å². The van der Waals surface area contributed by atoms with Gasteiger partial charge >= 0.3 is 5.97 Å². The Kier molecular flexibility index (Phi) is 3.91. The highest BCUT2D eigenvalue weighted by Gasteiger charge is 2.39. The summed E-state index contributed by atoms with van der Waals surface area (Å²) in [5, 5.41) is 18.6. The predicted octanol–water partition coefficient (Wildman–Crippen LogP) is 2.62. The number of allylic oxidation sites excluding steroid dienone is 3. The lowest BCUT2D eigenvalue weighted by Gasteiger charge is -2.41. The molecule has 0 spiro atoms. The number of fused-ring (bicyclic) bond motifs is 1. The average molecular weight is 250 g/mol. The molecule has 0 unspecified atom stereocenters. The summed E-state index contributed by atoms with van der Waals surface area (Å²) >= 11 is 0. The maximum absolute atomic E-state index is 11.3. The molecule has 100 valence electrons. The molecule has 0 saturated heterocycles. The minimum absolute atomic E-state index is 0.138. The summed E-state index contributed by atoms with van der Waals surface area (Å²) in [4.78, 5) is 11.3. The van der Waals surface area contributed by atoms with Gasteiger partial charge in [0.1, 0.15) is 0 Å². The van der Waals surface area contributed by atoms with Crippen molar-refractivity contribution in [2.75, 3.05) is 6.61 Å². The Bertz CT molecular complexity index is 395. The molecule has 0 radical (unpaired) electrons. The lowest BCUT2D eigenvalue weighted by Crippen LogP contribution is -2.36. The first-order chi connectivity index (χ1) is 8.54. The number of rotatable bonds is 3. The largest absolute Gasteiger partial charge is 0.478 e. The highest BCUT2D eigenvalue weighted by Crippen LogP contribution is 2.45. The molecule has 2 rings (SSSR count). The standard InChI is InChI=1S/C15H22O3/c1-9-3-4-12-13(15(17)18)6-5-11(10(2)8-16)14(12)7-9/h6-7,10-12,14,16H,3-5,8H2,1-2H3,(H,17,18)/t10-,11-,12+,14-/m1/s1. The molecule has 3 heteroatoms. The number of aliphatic hydroxyl groups excluding tert-OH is 1. The van der Waals surface area contributed by atoms with Gasteiger partial charge in [-0.3, -0.25) is 0 Å². The van der Waals surface area contributed by atoms with E-state index in [0.29, 0.717) is 11.5 Å². The van der Waals surface area contributed by atoms with Crippen LogP contribution in [0.5, 0.6) is 0 Å². The van der Waals surface area contributed by atoms with E-state index in [1.165, 1.54) is 5.57 Å². The van der Waals surface area contributed by atoms with Gasteiger partial charge < -0.3 is 10.2 Å². The maximum atomic E-state index is 11.3. The normalized spacial score (nSPS) is 33.2. The van der Waals surface area contributed by atoms with Crippen LogP contribution < -0.4 is 0 Å². The Balaban J connectivity index is 2.32. The van der Waals surface area contributed by atoms with Gasteiger partial charge in [0.2, 0.25) is 0 Å². The Morgan fingerprint density at radius 1 is 1.56 bits per heavy atom. The summed E-state index contributed by atoms with van der Waals surface area (Å²) in [5.41, 5.74) is 1.95. The van der Waals surface area contributed by atoms with Crippen LogP contribution >= 0.6 is 0 Å². The van der Waals surface area contributed by atoms with Crippen molar-refractivity contribution in [3.63, 3.8) is 0 Å². The molecule has 0 aliphatic heterocycles. The number of hydrogen-bond donors (Lipinski definition) is 2. The molecule has 4 atom stereocenters. The van der Waals surface area contributed by atoms with E-state index in [1.807, 2.05) is 6.08 Å². The average Bonchev–Trinajstić information content (AvgIpc) is 2.36. The molecule has 0 amide bonds. The van der Waals surface area contributed by atoms with Crippen LogP contribution in [0, 0.1) is 23.7 Å². The van der Waals surface area contributed by atoms with E-state index in [2.05, 4.69) is 19.9 Å². The van der Waals surface area contributed by atoms with Crippen molar-refractivity contribution >= 4 is 5.97 Å². The third-order valence-corrected chi connectivity index (χ3v) is 4.56. The first-order valence-electron chi connectivity index (χ1n) is 6.76. The van der Waals surface area contributed by atoms with E-state index >= 15 is 0 Å². The van der Waals surface area contributed by atoms with Crippen molar-refractivity contribution in [3.8, 4) is 0 Å². The molecule has 18 heavy (non-hydrogen) atoms. The fourth-order valence-electron chi connectivity index (χ4n) is 3.45. The van der Waals surface area contributed by atoms with Crippen LogP contribution in [-0.2, 0) is 4.79 Å². The number of hydrogen-bond acceptors (Lipinski definition) is 2. The van der Waals surface area contributed by atoms with Crippen molar-refractivity contribution in [3.05, 3.63) is 23.3 Å². The molecule has 3 nitrogen and oxygen atoms in total. The fraction of sp³-hybridized carbons (Fsp3) is 0.667. The van der Waals surface area contributed by atoms with Gasteiger partial charge in [0.25, 0.3) is 0 Å². The lowest BCUT2D eigenvalue weighted by molar-refractivity contribution is -0.133. The molecule has 0 bridgehead atoms. The SMILES string of the molecule is CC1=C[C@@H]2[C@@H]([C@H](C)CO)CC=C(C(=O)O)[C@@H]2CC1. The molecule has 0 aromatic rings. The van der Waals surface area contributed by atoms with Gasteiger partial charge in [0.15, 0.2) is 0 Å². The summed E-state index contributed by atoms with van der Waals surface area (Å²) < 4.78 is 0. The molecular formula is C15H22O3. The van der Waals surface area contributed by atoms with Gasteiger partial charge in [-0.05, 0) is 49.9 Å². The van der Waals surface area contributed by atoms with Crippen molar-refractivity contribution in [2.45, 2.75) is 33.1 Å². The molecule has 2 N–H and O–H groups in total. The quantitative estimate of drug-likeness (QED) is 0.757. The predicted molar refractivity (Wildman–Crippen MR) is 70.0 cm³/mol. The highest BCUT2D eigenvalue weighted by molar-refractivity contribution is 5.87. The van der Waals surface area contributed by atoms with Gasteiger partial charge in [-0.1, -0.05) is 24.6 Å². The van der Waals surface area contributed by atoms with Gasteiger partial charge in [-0.15, -0.1) is 0 Å². The maximum Gasteiger partial charge on any atom is 0.331 e. The second-order valence-corrected chi connectivity index (χ2v) is 5.76. The molecule has 2 aliphatic carbocycles. The van der Waals surface area contributed by atoms with E-state index in [0.717, 1.165) is 19.3 Å². The Morgan fingerprint density at radius 3 is 2.89 bits per heavy atom. The van der Waals surface area contributed by atoms with E-state index in [-0.39, 0.29) is 24.4 Å². The number of aliphatic hydroxyl groups is 1. The zero-order chi connectivity index (χ0) is 13.3. The first kappa shape index (κ1) is 13.3. The van der Waals surface area contributed by atoms with Crippen LogP contribution in [0.1, 0.15) is 33.1 Å². The van der Waals surface area contributed by atoms with Gasteiger partial charge in [0, 0.05) is 12.2 Å². The van der Waals surface area contributed by atoms with Crippen LogP contribution in [0.2, 0.25) is 0 Å². The van der Waals surface area contributed by atoms with Crippen molar-refractivity contribution in [1.82, 2.24) is 0 Å². The Morgan fingerprint density at radius 2 is 2.28 bits per heavy atom. The van der Waals surface area contributed by atoms with E-state index < -0.39 is 5.97 Å². The topological polar surface area (TPSA) is 57.5 Å². The van der Waals surface area contributed by atoms with Crippen LogP contribution in [0.3, 0.4) is 0 Å². The molecule has 0 aromatic carbocycles. The molecule has 0 fully saturated rings. The van der Waals surface area contributed by atoms with E-state index in [1.54, 1.807) is 0 Å². The third-order valence-electron chi connectivity index (χ3n) is 4.56. The second-order valence-electron chi connectivity index (χ2n) is 5.76. The molecule has 2 aliphatic rings. The molecule has 0 heterocycles. The number of carbonyl (C=O) groups is 1.